The van der Waals surface area contributed by atoms with Crippen molar-refractivity contribution in [3.05, 3.63) is 47.2 Å². The Balaban J connectivity index is 1.96. The zero-order valence-corrected chi connectivity index (χ0v) is 12.1. The first-order valence-electron chi connectivity index (χ1n) is 5.82. The maximum absolute atomic E-state index is 13.1. The number of nitrogens with zero attached hydrogens (tertiary/aromatic N) is 1. The number of ether oxygens (including phenoxy) is 1. The summed E-state index contributed by atoms with van der Waals surface area (Å²) in [6.07, 6.45) is 0. The molecule has 0 radical (unpaired) electrons. The molecule has 3 nitrogen and oxygen atoms in total. The standard InChI is InChI=1S/C14H10ClFN2OS/c1-19-12-7-9(16)3-4-10(12)17-14-18-11-6-8(15)2-5-13(11)20-14/h2-7H,1H3,(H,17,18). The summed E-state index contributed by atoms with van der Waals surface area (Å²) in [6.45, 7) is 0. The van der Waals surface area contributed by atoms with E-state index in [4.69, 9.17) is 16.3 Å². The largest absolute Gasteiger partial charge is 0.494 e. The van der Waals surface area contributed by atoms with Crippen molar-refractivity contribution in [2.24, 2.45) is 0 Å². The van der Waals surface area contributed by atoms with E-state index in [0.717, 1.165) is 10.2 Å². The van der Waals surface area contributed by atoms with Crippen LogP contribution < -0.4 is 10.1 Å². The highest BCUT2D eigenvalue weighted by Gasteiger charge is 2.08. The third-order valence-electron chi connectivity index (χ3n) is 2.75. The lowest BCUT2D eigenvalue weighted by atomic mass is 10.3. The number of hydrogen-bond acceptors (Lipinski definition) is 4. The normalized spacial score (nSPS) is 10.8. The van der Waals surface area contributed by atoms with Crippen molar-refractivity contribution in [3.8, 4) is 5.75 Å². The molecule has 102 valence electrons. The van der Waals surface area contributed by atoms with Crippen LogP contribution in [0.15, 0.2) is 36.4 Å². The zero-order chi connectivity index (χ0) is 14.1. The Labute approximate surface area is 124 Å². The van der Waals surface area contributed by atoms with E-state index in [9.17, 15) is 4.39 Å². The summed E-state index contributed by atoms with van der Waals surface area (Å²) in [7, 11) is 1.50. The van der Waals surface area contributed by atoms with E-state index in [1.54, 1.807) is 12.1 Å². The van der Waals surface area contributed by atoms with Gasteiger partial charge in [0.2, 0.25) is 0 Å². The number of halogens is 2. The molecular weight excluding hydrogens is 299 g/mol. The number of aromatic nitrogens is 1. The molecule has 1 aromatic heterocycles. The number of methoxy groups -OCH3 is 1. The third-order valence-corrected chi connectivity index (χ3v) is 3.94. The second-order valence-electron chi connectivity index (χ2n) is 4.10. The van der Waals surface area contributed by atoms with Crippen LogP contribution >= 0.6 is 22.9 Å². The highest BCUT2D eigenvalue weighted by atomic mass is 35.5. The van der Waals surface area contributed by atoms with Crippen LogP contribution in [0.1, 0.15) is 0 Å². The molecule has 0 aliphatic rings. The van der Waals surface area contributed by atoms with Gasteiger partial charge in [-0.15, -0.1) is 0 Å². The molecule has 3 aromatic rings. The number of benzene rings is 2. The van der Waals surface area contributed by atoms with Gasteiger partial charge in [-0.2, -0.15) is 0 Å². The van der Waals surface area contributed by atoms with E-state index < -0.39 is 0 Å². The van der Waals surface area contributed by atoms with Gasteiger partial charge in [0.05, 0.1) is 23.0 Å². The molecule has 3 rings (SSSR count). The van der Waals surface area contributed by atoms with Gasteiger partial charge < -0.3 is 10.1 Å². The fourth-order valence-electron chi connectivity index (χ4n) is 1.84. The quantitative estimate of drug-likeness (QED) is 0.751. The highest BCUT2D eigenvalue weighted by molar-refractivity contribution is 7.22. The zero-order valence-electron chi connectivity index (χ0n) is 10.5. The molecule has 0 unspecified atom stereocenters. The number of hydrogen-bond donors (Lipinski definition) is 1. The molecular formula is C14H10ClFN2OS. The summed E-state index contributed by atoms with van der Waals surface area (Å²) in [5, 5.41) is 4.48. The first-order valence-corrected chi connectivity index (χ1v) is 7.02. The summed E-state index contributed by atoms with van der Waals surface area (Å²) in [5.41, 5.74) is 1.49. The van der Waals surface area contributed by atoms with Gasteiger partial charge >= 0.3 is 0 Å². The molecule has 0 aliphatic carbocycles. The van der Waals surface area contributed by atoms with Gasteiger partial charge in [0.25, 0.3) is 0 Å². The average molecular weight is 309 g/mol. The lowest BCUT2D eigenvalue weighted by Crippen LogP contribution is -1.94. The van der Waals surface area contributed by atoms with Crippen LogP contribution in [-0.2, 0) is 0 Å². The van der Waals surface area contributed by atoms with Crippen LogP contribution in [0.3, 0.4) is 0 Å². The Morgan fingerprint density at radius 3 is 2.90 bits per heavy atom. The highest BCUT2D eigenvalue weighted by Crippen LogP contribution is 2.33. The fraction of sp³-hybridized carbons (Fsp3) is 0.0714. The van der Waals surface area contributed by atoms with Crippen molar-refractivity contribution in [1.82, 2.24) is 4.98 Å². The van der Waals surface area contributed by atoms with Crippen molar-refractivity contribution in [1.29, 1.82) is 0 Å². The van der Waals surface area contributed by atoms with Crippen molar-refractivity contribution in [3.63, 3.8) is 0 Å². The van der Waals surface area contributed by atoms with Gasteiger partial charge in [0.1, 0.15) is 11.6 Å². The summed E-state index contributed by atoms with van der Waals surface area (Å²) in [6, 6.07) is 9.86. The van der Waals surface area contributed by atoms with Gasteiger partial charge in [0.15, 0.2) is 5.13 Å². The molecule has 0 fully saturated rings. The number of thiazole rings is 1. The SMILES string of the molecule is COc1cc(F)ccc1Nc1nc2cc(Cl)ccc2s1. The minimum Gasteiger partial charge on any atom is -0.494 e. The van der Waals surface area contributed by atoms with Crippen molar-refractivity contribution in [2.75, 3.05) is 12.4 Å². The Morgan fingerprint density at radius 2 is 2.10 bits per heavy atom. The second kappa shape index (κ2) is 5.26. The van der Waals surface area contributed by atoms with Gasteiger partial charge in [-0.05, 0) is 30.3 Å². The Morgan fingerprint density at radius 1 is 1.25 bits per heavy atom. The molecule has 0 aliphatic heterocycles. The van der Waals surface area contributed by atoms with E-state index in [2.05, 4.69) is 10.3 Å². The van der Waals surface area contributed by atoms with Gasteiger partial charge in [-0.1, -0.05) is 22.9 Å². The third kappa shape index (κ3) is 2.55. The summed E-state index contributed by atoms with van der Waals surface area (Å²) in [4.78, 5) is 4.44. The van der Waals surface area contributed by atoms with Crippen LogP contribution in [0.5, 0.6) is 5.75 Å². The molecule has 0 saturated heterocycles. The Hall–Kier alpha value is -1.85. The van der Waals surface area contributed by atoms with Crippen LogP contribution in [-0.4, -0.2) is 12.1 Å². The minimum absolute atomic E-state index is 0.344. The Bertz CT molecular complexity index is 775. The van der Waals surface area contributed by atoms with E-state index in [-0.39, 0.29) is 5.82 Å². The predicted molar refractivity (Wildman–Crippen MR) is 80.9 cm³/mol. The first kappa shape index (κ1) is 13.1. The number of rotatable bonds is 3. The van der Waals surface area contributed by atoms with Gasteiger partial charge in [-0.25, -0.2) is 9.37 Å². The fourth-order valence-corrected chi connectivity index (χ4v) is 2.86. The summed E-state index contributed by atoms with van der Waals surface area (Å²) >= 11 is 7.43. The van der Waals surface area contributed by atoms with E-state index >= 15 is 0 Å². The van der Waals surface area contributed by atoms with Crippen LogP contribution in [0.4, 0.5) is 15.2 Å². The molecule has 1 heterocycles. The number of anilines is 2. The molecule has 20 heavy (non-hydrogen) atoms. The molecule has 1 N–H and O–H groups in total. The molecule has 6 heteroatoms. The topological polar surface area (TPSA) is 34.1 Å². The molecule has 0 amide bonds. The van der Waals surface area contributed by atoms with Gasteiger partial charge in [-0.3, -0.25) is 0 Å². The summed E-state index contributed by atoms with van der Waals surface area (Å²) in [5.74, 6) is 0.0887. The second-order valence-corrected chi connectivity index (χ2v) is 5.57. The molecule has 0 bridgehead atoms. The average Bonchev–Trinajstić information content (AvgIpc) is 2.82. The molecule has 0 atom stereocenters. The smallest absolute Gasteiger partial charge is 0.188 e. The minimum atomic E-state index is -0.344. The van der Waals surface area contributed by atoms with E-state index in [1.165, 1.54) is 30.6 Å². The number of fused-ring (bicyclic) bond motifs is 1. The number of nitrogens with one attached hydrogen (secondary N) is 1. The van der Waals surface area contributed by atoms with Crippen LogP contribution in [0, 0.1) is 5.82 Å². The van der Waals surface area contributed by atoms with Crippen LogP contribution in [0.25, 0.3) is 10.2 Å². The van der Waals surface area contributed by atoms with Crippen LogP contribution in [0.2, 0.25) is 5.02 Å². The molecule has 2 aromatic carbocycles. The summed E-state index contributed by atoms with van der Waals surface area (Å²) < 4.78 is 19.3. The van der Waals surface area contributed by atoms with E-state index in [1.807, 2.05) is 12.1 Å². The lowest BCUT2D eigenvalue weighted by Gasteiger charge is -2.08. The van der Waals surface area contributed by atoms with Crippen molar-refractivity contribution < 1.29 is 9.13 Å². The predicted octanol–water partition coefficient (Wildman–Crippen LogP) is 4.84. The monoisotopic (exact) mass is 308 g/mol. The molecule has 0 saturated carbocycles. The lowest BCUT2D eigenvalue weighted by molar-refractivity contribution is 0.413. The van der Waals surface area contributed by atoms with Crippen molar-refractivity contribution >= 4 is 44.0 Å². The first-order chi connectivity index (χ1) is 9.65. The Kier molecular flexibility index (Phi) is 3.46. The van der Waals surface area contributed by atoms with Crippen molar-refractivity contribution in [2.45, 2.75) is 0 Å². The maximum Gasteiger partial charge on any atom is 0.188 e. The molecule has 0 spiro atoms. The maximum atomic E-state index is 13.1. The van der Waals surface area contributed by atoms with E-state index in [0.29, 0.717) is 21.6 Å². The van der Waals surface area contributed by atoms with Gasteiger partial charge in [0, 0.05) is 11.1 Å².